The molecule has 3 aromatic rings. The van der Waals surface area contributed by atoms with E-state index in [1.54, 1.807) is 12.1 Å². The smallest absolute Gasteiger partial charge is 0.125 e. The second-order valence-electron chi connectivity index (χ2n) is 9.02. The van der Waals surface area contributed by atoms with Gasteiger partial charge in [0.05, 0.1) is 11.6 Å². The van der Waals surface area contributed by atoms with Gasteiger partial charge in [0.1, 0.15) is 17.7 Å². The minimum Gasteiger partial charge on any atom is -0.485 e. The highest BCUT2D eigenvalue weighted by Gasteiger charge is 2.20. The van der Waals surface area contributed by atoms with Crippen LogP contribution in [0.4, 0.5) is 4.39 Å². The predicted octanol–water partition coefficient (Wildman–Crippen LogP) is 4.74. The standard InChI is InChI=1S/C29H33FN4O/c1-32-14-13-29(25-6-4-7-27(30)19-25)35-28-8-3-2-5-26(28)22-34-17-15-33(16-18-34)21-24-11-9-23(20-31)10-12-24/h2-12,19,29,32H,13-18,21-22H2,1H3. The lowest BCUT2D eigenvalue weighted by Gasteiger charge is -2.35. The summed E-state index contributed by atoms with van der Waals surface area (Å²) in [5.74, 6) is 0.616. The number of para-hydroxylation sites is 1. The van der Waals surface area contributed by atoms with Crippen LogP contribution < -0.4 is 10.1 Å². The van der Waals surface area contributed by atoms with Gasteiger partial charge in [0.15, 0.2) is 0 Å². The Kier molecular flexibility index (Phi) is 8.85. The van der Waals surface area contributed by atoms with Crippen LogP contribution in [0.3, 0.4) is 0 Å². The fourth-order valence-corrected chi connectivity index (χ4v) is 4.47. The molecule has 0 spiro atoms. The topological polar surface area (TPSA) is 51.5 Å². The van der Waals surface area contributed by atoms with Gasteiger partial charge in [-0.15, -0.1) is 0 Å². The van der Waals surface area contributed by atoms with Gasteiger partial charge in [-0.05, 0) is 55.1 Å². The van der Waals surface area contributed by atoms with Crippen molar-refractivity contribution in [2.45, 2.75) is 25.6 Å². The second kappa shape index (κ2) is 12.5. The zero-order chi connectivity index (χ0) is 24.5. The molecule has 1 fully saturated rings. The number of nitriles is 1. The first-order chi connectivity index (χ1) is 17.1. The third-order valence-electron chi connectivity index (χ3n) is 6.47. The van der Waals surface area contributed by atoms with Crippen LogP contribution >= 0.6 is 0 Å². The Balaban J connectivity index is 1.37. The van der Waals surface area contributed by atoms with Gasteiger partial charge in [-0.1, -0.05) is 42.5 Å². The first-order valence-electron chi connectivity index (χ1n) is 12.2. The van der Waals surface area contributed by atoms with Crippen molar-refractivity contribution >= 4 is 0 Å². The predicted molar refractivity (Wildman–Crippen MR) is 136 cm³/mol. The quantitative estimate of drug-likeness (QED) is 0.462. The van der Waals surface area contributed by atoms with Crippen molar-refractivity contribution < 1.29 is 9.13 Å². The maximum Gasteiger partial charge on any atom is 0.125 e. The van der Waals surface area contributed by atoms with E-state index in [1.165, 1.54) is 11.6 Å². The van der Waals surface area contributed by atoms with E-state index in [9.17, 15) is 4.39 Å². The van der Waals surface area contributed by atoms with Crippen molar-refractivity contribution in [2.24, 2.45) is 0 Å². The van der Waals surface area contributed by atoms with Crippen LogP contribution in [0.25, 0.3) is 0 Å². The third kappa shape index (κ3) is 7.12. The Morgan fingerprint density at radius 1 is 0.943 bits per heavy atom. The normalized spacial score (nSPS) is 15.5. The molecular formula is C29H33FN4O. The Bertz CT molecular complexity index is 1120. The number of halogens is 1. The molecular weight excluding hydrogens is 439 g/mol. The Morgan fingerprint density at radius 3 is 2.34 bits per heavy atom. The van der Waals surface area contributed by atoms with Crippen LogP contribution in [-0.4, -0.2) is 49.6 Å². The summed E-state index contributed by atoms with van der Waals surface area (Å²) in [6, 6.07) is 24.9. The molecule has 1 heterocycles. The molecule has 35 heavy (non-hydrogen) atoms. The van der Waals surface area contributed by atoms with E-state index in [0.29, 0.717) is 5.56 Å². The van der Waals surface area contributed by atoms with Gasteiger partial charge in [0.25, 0.3) is 0 Å². The lowest BCUT2D eigenvalue weighted by Crippen LogP contribution is -2.45. The van der Waals surface area contributed by atoms with Crippen LogP contribution in [-0.2, 0) is 13.1 Å². The van der Waals surface area contributed by atoms with Gasteiger partial charge < -0.3 is 10.1 Å². The molecule has 3 aromatic carbocycles. The molecule has 0 radical (unpaired) electrons. The van der Waals surface area contributed by atoms with E-state index in [2.05, 4.69) is 27.3 Å². The fourth-order valence-electron chi connectivity index (χ4n) is 4.47. The number of hydrogen-bond acceptors (Lipinski definition) is 5. The van der Waals surface area contributed by atoms with Crippen LogP contribution in [0.15, 0.2) is 72.8 Å². The minimum atomic E-state index is -0.243. The average molecular weight is 473 g/mol. The van der Waals surface area contributed by atoms with Crippen molar-refractivity contribution in [1.82, 2.24) is 15.1 Å². The van der Waals surface area contributed by atoms with Crippen LogP contribution in [0, 0.1) is 17.1 Å². The lowest BCUT2D eigenvalue weighted by atomic mass is 10.1. The second-order valence-corrected chi connectivity index (χ2v) is 9.02. The van der Waals surface area contributed by atoms with Gasteiger partial charge in [-0.2, -0.15) is 5.26 Å². The number of benzene rings is 3. The molecule has 0 aromatic heterocycles. The zero-order valence-electron chi connectivity index (χ0n) is 20.3. The first-order valence-corrected chi connectivity index (χ1v) is 12.2. The molecule has 6 heteroatoms. The summed E-state index contributed by atoms with van der Waals surface area (Å²) in [7, 11) is 1.91. The number of nitrogens with one attached hydrogen (secondary N) is 1. The number of ether oxygens (including phenoxy) is 1. The SMILES string of the molecule is CNCCC(Oc1ccccc1CN1CCN(Cc2ccc(C#N)cc2)CC1)c1cccc(F)c1. The maximum atomic E-state index is 13.9. The average Bonchev–Trinajstić information content (AvgIpc) is 2.89. The number of piperazine rings is 1. The van der Waals surface area contributed by atoms with E-state index in [1.807, 2.05) is 55.6 Å². The first kappa shape index (κ1) is 24.9. The molecule has 1 atom stereocenters. The highest BCUT2D eigenvalue weighted by Crippen LogP contribution is 2.29. The van der Waals surface area contributed by atoms with E-state index in [0.717, 1.165) is 69.1 Å². The summed E-state index contributed by atoms with van der Waals surface area (Å²) in [5, 5.41) is 12.2. The largest absolute Gasteiger partial charge is 0.485 e. The molecule has 0 amide bonds. The van der Waals surface area contributed by atoms with Crippen molar-refractivity contribution in [3.05, 3.63) is 101 Å². The molecule has 0 bridgehead atoms. The van der Waals surface area contributed by atoms with Crippen LogP contribution in [0.2, 0.25) is 0 Å². The van der Waals surface area contributed by atoms with Crippen LogP contribution in [0.5, 0.6) is 5.75 Å². The van der Waals surface area contributed by atoms with E-state index < -0.39 is 0 Å². The molecule has 1 saturated heterocycles. The molecule has 1 aliphatic heterocycles. The van der Waals surface area contributed by atoms with Crippen molar-refractivity contribution in [3.63, 3.8) is 0 Å². The van der Waals surface area contributed by atoms with Gasteiger partial charge >= 0.3 is 0 Å². The molecule has 1 unspecified atom stereocenters. The molecule has 4 rings (SSSR count). The summed E-state index contributed by atoms with van der Waals surface area (Å²) in [4.78, 5) is 4.92. The monoisotopic (exact) mass is 472 g/mol. The molecule has 182 valence electrons. The summed E-state index contributed by atoms with van der Waals surface area (Å²) in [6.07, 6.45) is 0.533. The lowest BCUT2D eigenvalue weighted by molar-refractivity contribution is 0.119. The summed E-state index contributed by atoms with van der Waals surface area (Å²) < 4.78 is 20.4. The van der Waals surface area contributed by atoms with Crippen molar-refractivity contribution in [1.29, 1.82) is 5.26 Å². The summed E-state index contributed by atoms with van der Waals surface area (Å²) in [6.45, 7) is 6.47. The molecule has 0 aliphatic carbocycles. The molecule has 5 nitrogen and oxygen atoms in total. The molecule has 0 saturated carbocycles. The Hall–Kier alpha value is -3.24. The summed E-state index contributed by atoms with van der Waals surface area (Å²) >= 11 is 0. The number of nitrogens with zero attached hydrogens (tertiary/aromatic N) is 3. The Morgan fingerprint density at radius 2 is 1.66 bits per heavy atom. The van der Waals surface area contributed by atoms with Crippen molar-refractivity contribution in [3.8, 4) is 11.8 Å². The van der Waals surface area contributed by atoms with Crippen LogP contribution in [0.1, 0.15) is 34.8 Å². The highest BCUT2D eigenvalue weighted by atomic mass is 19.1. The molecule has 1 N–H and O–H groups in total. The Labute approximate surface area is 207 Å². The van der Waals surface area contributed by atoms with Gasteiger partial charge in [-0.25, -0.2) is 4.39 Å². The fraction of sp³-hybridized carbons (Fsp3) is 0.345. The number of rotatable bonds is 10. The molecule has 1 aliphatic rings. The zero-order valence-corrected chi connectivity index (χ0v) is 20.3. The van der Waals surface area contributed by atoms with E-state index in [-0.39, 0.29) is 11.9 Å². The van der Waals surface area contributed by atoms with E-state index in [4.69, 9.17) is 10.00 Å². The van der Waals surface area contributed by atoms with E-state index >= 15 is 0 Å². The maximum absolute atomic E-state index is 13.9. The minimum absolute atomic E-state index is 0.219. The highest BCUT2D eigenvalue weighted by molar-refractivity contribution is 5.35. The number of hydrogen-bond donors (Lipinski definition) is 1. The third-order valence-corrected chi connectivity index (χ3v) is 6.47. The van der Waals surface area contributed by atoms with Gasteiger partial charge in [0.2, 0.25) is 0 Å². The van der Waals surface area contributed by atoms with Gasteiger partial charge in [0, 0.05) is 51.3 Å². The van der Waals surface area contributed by atoms with Crippen molar-refractivity contribution in [2.75, 3.05) is 39.8 Å². The summed E-state index contributed by atoms with van der Waals surface area (Å²) in [5.41, 5.74) is 3.94. The van der Waals surface area contributed by atoms with Gasteiger partial charge in [-0.3, -0.25) is 9.80 Å².